The summed E-state index contributed by atoms with van der Waals surface area (Å²) in [5.41, 5.74) is 0.533. The second-order valence-corrected chi connectivity index (χ2v) is 5.99. The molecule has 0 aliphatic rings. The van der Waals surface area contributed by atoms with Crippen LogP contribution in [0.5, 0.6) is 0 Å². The predicted molar refractivity (Wildman–Crippen MR) is 71.1 cm³/mol. The molecule has 0 aromatic carbocycles. The molecule has 0 fully saturated rings. The van der Waals surface area contributed by atoms with Crippen molar-refractivity contribution in [2.75, 3.05) is 0 Å². The SMILES string of the molecule is CC(C)(C)c1nc(Cl)cc(-c2occc2Br)n1. The first-order chi connectivity index (χ1) is 7.88. The van der Waals surface area contributed by atoms with E-state index >= 15 is 0 Å². The highest BCUT2D eigenvalue weighted by Gasteiger charge is 2.20. The minimum Gasteiger partial charge on any atom is -0.461 e. The number of rotatable bonds is 1. The third kappa shape index (κ3) is 2.69. The van der Waals surface area contributed by atoms with Gasteiger partial charge in [-0.15, -0.1) is 0 Å². The average molecular weight is 316 g/mol. The zero-order valence-electron chi connectivity index (χ0n) is 9.79. The second-order valence-electron chi connectivity index (χ2n) is 4.75. The Morgan fingerprint density at radius 3 is 2.53 bits per heavy atom. The first-order valence-corrected chi connectivity index (χ1v) is 6.33. The van der Waals surface area contributed by atoms with Crippen molar-refractivity contribution in [1.29, 1.82) is 0 Å². The number of furan rings is 1. The molecule has 0 N–H and O–H groups in total. The lowest BCUT2D eigenvalue weighted by atomic mass is 9.95. The van der Waals surface area contributed by atoms with E-state index < -0.39 is 0 Å². The van der Waals surface area contributed by atoms with Gasteiger partial charge < -0.3 is 4.42 Å². The quantitative estimate of drug-likeness (QED) is 0.730. The van der Waals surface area contributed by atoms with Gasteiger partial charge in [0, 0.05) is 11.5 Å². The van der Waals surface area contributed by atoms with Crippen molar-refractivity contribution in [1.82, 2.24) is 9.97 Å². The smallest absolute Gasteiger partial charge is 0.166 e. The Labute approximate surface area is 113 Å². The molecule has 5 heteroatoms. The number of hydrogen-bond donors (Lipinski definition) is 0. The van der Waals surface area contributed by atoms with Crippen LogP contribution in [0.4, 0.5) is 0 Å². The van der Waals surface area contributed by atoms with Crippen LogP contribution >= 0.6 is 27.5 Å². The topological polar surface area (TPSA) is 38.9 Å². The van der Waals surface area contributed by atoms with Crippen molar-refractivity contribution in [2.24, 2.45) is 0 Å². The minimum atomic E-state index is -0.154. The molecular weight excluding hydrogens is 304 g/mol. The van der Waals surface area contributed by atoms with Crippen LogP contribution in [0.1, 0.15) is 26.6 Å². The van der Waals surface area contributed by atoms with Crippen molar-refractivity contribution in [3.8, 4) is 11.5 Å². The molecule has 0 aliphatic heterocycles. The summed E-state index contributed by atoms with van der Waals surface area (Å²) < 4.78 is 6.23. The van der Waals surface area contributed by atoms with E-state index in [9.17, 15) is 0 Å². The van der Waals surface area contributed by atoms with E-state index in [-0.39, 0.29) is 5.41 Å². The standard InChI is InChI=1S/C12H12BrClN2O/c1-12(2,3)11-15-8(6-9(14)16-11)10-7(13)4-5-17-10/h4-6H,1-3H3. The molecule has 0 radical (unpaired) electrons. The van der Waals surface area contributed by atoms with E-state index in [0.29, 0.717) is 22.4 Å². The lowest BCUT2D eigenvalue weighted by molar-refractivity contribution is 0.541. The summed E-state index contributed by atoms with van der Waals surface area (Å²) in [7, 11) is 0. The molecule has 0 amide bonds. The number of hydrogen-bond acceptors (Lipinski definition) is 3. The fourth-order valence-corrected chi connectivity index (χ4v) is 1.93. The second kappa shape index (κ2) is 4.42. The zero-order chi connectivity index (χ0) is 12.6. The molecule has 0 saturated heterocycles. The highest BCUT2D eigenvalue weighted by molar-refractivity contribution is 9.10. The van der Waals surface area contributed by atoms with Crippen LogP contribution in [-0.2, 0) is 5.41 Å². The normalized spacial score (nSPS) is 11.8. The summed E-state index contributed by atoms with van der Waals surface area (Å²) in [6.45, 7) is 6.12. The Hall–Kier alpha value is -0.870. The lowest BCUT2D eigenvalue weighted by Gasteiger charge is -2.17. The van der Waals surface area contributed by atoms with Crippen molar-refractivity contribution < 1.29 is 4.42 Å². The summed E-state index contributed by atoms with van der Waals surface area (Å²) in [6, 6.07) is 3.52. The highest BCUT2D eigenvalue weighted by atomic mass is 79.9. The molecule has 0 aliphatic carbocycles. The molecule has 0 saturated carbocycles. The summed E-state index contributed by atoms with van der Waals surface area (Å²) >= 11 is 9.42. The maximum atomic E-state index is 6.02. The summed E-state index contributed by atoms with van der Waals surface area (Å²) in [4.78, 5) is 8.73. The van der Waals surface area contributed by atoms with Gasteiger partial charge in [-0.05, 0) is 22.0 Å². The highest BCUT2D eigenvalue weighted by Crippen LogP contribution is 2.30. The fraction of sp³-hybridized carbons (Fsp3) is 0.333. The van der Waals surface area contributed by atoms with Crippen LogP contribution in [0, 0.1) is 0 Å². The van der Waals surface area contributed by atoms with Gasteiger partial charge in [0.1, 0.15) is 16.7 Å². The van der Waals surface area contributed by atoms with Crippen molar-refractivity contribution in [3.05, 3.63) is 33.8 Å². The van der Waals surface area contributed by atoms with Crippen molar-refractivity contribution in [2.45, 2.75) is 26.2 Å². The van der Waals surface area contributed by atoms with E-state index in [0.717, 1.165) is 4.47 Å². The van der Waals surface area contributed by atoms with Gasteiger partial charge >= 0.3 is 0 Å². The Morgan fingerprint density at radius 1 is 1.29 bits per heavy atom. The summed E-state index contributed by atoms with van der Waals surface area (Å²) in [5, 5.41) is 0.420. The molecule has 90 valence electrons. The third-order valence-corrected chi connectivity index (χ3v) is 3.03. The Morgan fingerprint density at radius 2 is 2.00 bits per heavy atom. The van der Waals surface area contributed by atoms with Gasteiger partial charge in [-0.2, -0.15) is 0 Å². The van der Waals surface area contributed by atoms with E-state index in [4.69, 9.17) is 16.0 Å². The zero-order valence-corrected chi connectivity index (χ0v) is 12.1. The van der Waals surface area contributed by atoms with Gasteiger partial charge in [-0.1, -0.05) is 32.4 Å². The molecule has 17 heavy (non-hydrogen) atoms. The molecule has 2 aromatic heterocycles. The van der Waals surface area contributed by atoms with E-state index in [1.54, 1.807) is 12.3 Å². The van der Waals surface area contributed by atoms with Gasteiger partial charge in [0.25, 0.3) is 0 Å². The maximum absolute atomic E-state index is 6.02. The third-order valence-electron chi connectivity index (χ3n) is 2.22. The maximum Gasteiger partial charge on any atom is 0.166 e. The lowest BCUT2D eigenvalue weighted by Crippen LogP contribution is -2.16. The summed E-state index contributed by atoms with van der Waals surface area (Å²) in [6.07, 6.45) is 1.60. The van der Waals surface area contributed by atoms with Crippen LogP contribution in [0.3, 0.4) is 0 Å². The van der Waals surface area contributed by atoms with Crippen LogP contribution in [-0.4, -0.2) is 9.97 Å². The van der Waals surface area contributed by atoms with E-state index in [1.807, 2.05) is 26.8 Å². The van der Waals surface area contributed by atoms with E-state index in [1.165, 1.54) is 0 Å². The van der Waals surface area contributed by atoms with Gasteiger partial charge in [-0.3, -0.25) is 0 Å². The number of halogens is 2. The molecule has 0 spiro atoms. The fourth-order valence-electron chi connectivity index (χ4n) is 1.35. The Bertz CT molecular complexity index is 546. The van der Waals surface area contributed by atoms with Gasteiger partial charge in [0.05, 0.1) is 10.7 Å². The molecule has 0 atom stereocenters. The monoisotopic (exact) mass is 314 g/mol. The number of nitrogens with zero attached hydrogens (tertiary/aromatic N) is 2. The van der Waals surface area contributed by atoms with Gasteiger partial charge in [0.2, 0.25) is 0 Å². The molecule has 0 bridgehead atoms. The van der Waals surface area contributed by atoms with Crippen LogP contribution in [0.15, 0.2) is 27.3 Å². The first-order valence-electron chi connectivity index (χ1n) is 5.16. The van der Waals surface area contributed by atoms with Crippen LogP contribution in [0.25, 0.3) is 11.5 Å². The van der Waals surface area contributed by atoms with Gasteiger partial charge in [0.15, 0.2) is 5.76 Å². The number of aromatic nitrogens is 2. The van der Waals surface area contributed by atoms with Crippen molar-refractivity contribution in [3.63, 3.8) is 0 Å². The minimum absolute atomic E-state index is 0.154. The molecule has 3 nitrogen and oxygen atoms in total. The molecule has 2 aromatic rings. The van der Waals surface area contributed by atoms with Crippen LogP contribution < -0.4 is 0 Å². The van der Waals surface area contributed by atoms with E-state index in [2.05, 4.69) is 25.9 Å². The first kappa shape index (κ1) is 12.6. The van der Waals surface area contributed by atoms with Gasteiger partial charge in [-0.25, -0.2) is 9.97 Å². The molecule has 2 heterocycles. The largest absolute Gasteiger partial charge is 0.461 e. The Kier molecular flexibility index (Phi) is 3.27. The molecule has 2 rings (SSSR count). The van der Waals surface area contributed by atoms with Crippen LogP contribution in [0.2, 0.25) is 5.15 Å². The molecular formula is C12H12BrClN2O. The summed E-state index contributed by atoms with van der Waals surface area (Å²) in [5.74, 6) is 1.36. The predicted octanol–water partition coefficient (Wildman–Crippen LogP) is 4.45. The molecule has 0 unspecified atom stereocenters. The Balaban J connectivity index is 2.57. The van der Waals surface area contributed by atoms with Crippen molar-refractivity contribution >= 4 is 27.5 Å². The average Bonchev–Trinajstić information content (AvgIpc) is 2.62.